The zero-order valence-corrected chi connectivity index (χ0v) is 8.76. The third kappa shape index (κ3) is 1.23. The standard InChI is InChI=1S/C10H9BrO2/c1-2-6-5-8(12)10-7(9(6)11)3-4-13-10/h3-5,12H,2H2,1H3. The molecule has 2 nitrogen and oxygen atoms in total. The molecule has 68 valence electrons. The number of rotatable bonds is 1. The Kier molecular flexibility index (Phi) is 2.04. The normalized spacial score (nSPS) is 10.9. The third-order valence-electron chi connectivity index (χ3n) is 2.11. The summed E-state index contributed by atoms with van der Waals surface area (Å²) in [5, 5.41) is 10.5. The van der Waals surface area contributed by atoms with Crippen molar-refractivity contribution >= 4 is 26.9 Å². The Morgan fingerprint density at radius 2 is 2.31 bits per heavy atom. The van der Waals surface area contributed by atoms with E-state index in [4.69, 9.17) is 4.42 Å². The van der Waals surface area contributed by atoms with Gasteiger partial charge in [-0.1, -0.05) is 6.92 Å². The Balaban J connectivity index is 2.85. The second-order valence-corrected chi connectivity index (χ2v) is 3.68. The molecule has 3 heteroatoms. The Bertz CT molecular complexity index is 445. The van der Waals surface area contributed by atoms with Gasteiger partial charge in [0.25, 0.3) is 0 Å². The second-order valence-electron chi connectivity index (χ2n) is 2.89. The van der Waals surface area contributed by atoms with Crippen LogP contribution in [0, 0.1) is 0 Å². The number of aryl methyl sites for hydroxylation is 1. The van der Waals surface area contributed by atoms with Crippen molar-refractivity contribution in [1.82, 2.24) is 0 Å². The maximum Gasteiger partial charge on any atom is 0.176 e. The van der Waals surface area contributed by atoms with Gasteiger partial charge in [-0.15, -0.1) is 0 Å². The number of hydrogen-bond donors (Lipinski definition) is 1. The highest BCUT2D eigenvalue weighted by Gasteiger charge is 2.10. The molecule has 0 aliphatic heterocycles. The van der Waals surface area contributed by atoms with E-state index >= 15 is 0 Å². The maximum atomic E-state index is 9.58. The van der Waals surface area contributed by atoms with Gasteiger partial charge in [-0.3, -0.25) is 0 Å². The molecule has 0 spiro atoms. The molecule has 0 bridgehead atoms. The minimum atomic E-state index is 0.208. The molecule has 0 atom stereocenters. The van der Waals surface area contributed by atoms with Crippen molar-refractivity contribution in [2.45, 2.75) is 13.3 Å². The zero-order chi connectivity index (χ0) is 9.42. The molecule has 1 aromatic heterocycles. The Morgan fingerprint density at radius 1 is 1.54 bits per heavy atom. The SMILES string of the molecule is CCc1cc(O)c2occc2c1Br. The van der Waals surface area contributed by atoms with Crippen LogP contribution in [0.4, 0.5) is 0 Å². The van der Waals surface area contributed by atoms with E-state index in [1.54, 1.807) is 12.3 Å². The highest BCUT2D eigenvalue weighted by molar-refractivity contribution is 9.10. The van der Waals surface area contributed by atoms with Crippen LogP contribution in [0.25, 0.3) is 11.0 Å². The minimum Gasteiger partial charge on any atom is -0.504 e. The van der Waals surface area contributed by atoms with E-state index in [0.717, 1.165) is 21.8 Å². The van der Waals surface area contributed by atoms with Gasteiger partial charge in [0.2, 0.25) is 0 Å². The number of phenolic OH excluding ortho intramolecular Hbond substituents is 1. The summed E-state index contributed by atoms with van der Waals surface area (Å²) >= 11 is 3.48. The summed E-state index contributed by atoms with van der Waals surface area (Å²) in [5.74, 6) is 0.208. The van der Waals surface area contributed by atoms with Crippen LogP contribution in [0.15, 0.2) is 27.3 Å². The summed E-state index contributed by atoms with van der Waals surface area (Å²) in [4.78, 5) is 0. The van der Waals surface area contributed by atoms with Crippen molar-refractivity contribution in [2.75, 3.05) is 0 Å². The summed E-state index contributed by atoms with van der Waals surface area (Å²) < 4.78 is 6.16. The molecule has 0 saturated heterocycles. The summed E-state index contributed by atoms with van der Waals surface area (Å²) in [5.41, 5.74) is 1.63. The second kappa shape index (κ2) is 3.07. The zero-order valence-electron chi connectivity index (χ0n) is 7.17. The summed E-state index contributed by atoms with van der Waals surface area (Å²) in [6, 6.07) is 3.58. The molecule has 2 rings (SSSR count). The van der Waals surface area contributed by atoms with Crippen molar-refractivity contribution in [2.24, 2.45) is 0 Å². The molecule has 1 heterocycles. The molecule has 0 aliphatic rings. The van der Waals surface area contributed by atoms with E-state index in [1.807, 2.05) is 13.0 Å². The molecule has 0 fully saturated rings. The first-order valence-corrected chi connectivity index (χ1v) is 4.91. The van der Waals surface area contributed by atoms with Crippen LogP contribution < -0.4 is 0 Å². The van der Waals surface area contributed by atoms with Crippen molar-refractivity contribution in [1.29, 1.82) is 0 Å². The molecular weight excluding hydrogens is 232 g/mol. The summed E-state index contributed by atoms with van der Waals surface area (Å²) in [6.45, 7) is 2.05. The molecule has 0 unspecified atom stereocenters. The Hall–Kier alpha value is -0.960. The number of halogens is 1. The third-order valence-corrected chi connectivity index (χ3v) is 3.04. The first-order valence-electron chi connectivity index (χ1n) is 4.11. The van der Waals surface area contributed by atoms with Gasteiger partial charge in [0.05, 0.1) is 6.26 Å². The van der Waals surface area contributed by atoms with Gasteiger partial charge in [-0.2, -0.15) is 0 Å². The van der Waals surface area contributed by atoms with Crippen molar-refractivity contribution in [3.63, 3.8) is 0 Å². The van der Waals surface area contributed by atoms with E-state index in [-0.39, 0.29) is 5.75 Å². The molecule has 0 saturated carbocycles. The average Bonchev–Trinajstić information content (AvgIpc) is 2.60. The number of benzene rings is 1. The topological polar surface area (TPSA) is 33.4 Å². The van der Waals surface area contributed by atoms with Crippen LogP contribution in [0.5, 0.6) is 5.75 Å². The van der Waals surface area contributed by atoms with Crippen LogP contribution >= 0.6 is 15.9 Å². The van der Waals surface area contributed by atoms with Crippen molar-refractivity contribution < 1.29 is 9.52 Å². The highest BCUT2D eigenvalue weighted by atomic mass is 79.9. The number of furan rings is 1. The quantitative estimate of drug-likeness (QED) is 0.829. The lowest BCUT2D eigenvalue weighted by Gasteiger charge is -2.03. The smallest absolute Gasteiger partial charge is 0.176 e. The predicted octanol–water partition coefficient (Wildman–Crippen LogP) is 3.46. The van der Waals surface area contributed by atoms with Gasteiger partial charge in [-0.25, -0.2) is 0 Å². The number of aromatic hydroxyl groups is 1. The lowest BCUT2D eigenvalue weighted by Crippen LogP contribution is -1.82. The highest BCUT2D eigenvalue weighted by Crippen LogP contribution is 2.35. The van der Waals surface area contributed by atoms with Crippen LogP contribution in [0.3, 0.4) is 0 Å². The summed E-state index contributed by atoms with van der Waals surface area (Å²) in [6.07, 6.45) is 2.46. The number of hydrogen-bond acceptors (Lipinski definition) is 2. The minimum absolute atomic E-state index is 0.208. The molecule has 1 N–H and O–H groups in total. The number of phenols is 1. The summed E-state index contributed by atoms with van der Waals surface area (Å²) in [7, 11) is 0. The average molecular weight is 241 g/mol. The molecule has 1 aromatic carbocycles. The van der Waals surface area contributed by atoms with E-state index in [2.05, 4.69) is 15.9 Å². The molecule has 2 aromatic rings. The van der Waals surface area contributed by atoms with Gasteiger partial charge in [0.15, 0.2) is 11.3 Å². The molecule has 0 amide bonds. The lowest BCUT2D eigenvalue weighted by atomic mass is 10.1. The molecule has 0 aliphatic carbocycles. The first kappa shape index (κ1) is 8.63. The first-order chi connectivity index (χ1) is 6.24. The van der Waals surface area contributed by atoms with E-state index in [1.165, 1.54) is 0 Å². The maximum absolute atomic E-state index is 9.58. The van der Waals surface area contributed by atoms with Gasteiger partial charge in [0.1, 0.15) is 0 Å². The van der Waals surface area contributed by atoms with Gasteiger partial charge in [-0.05, 0) is 40.0 Å². The predicted molar refractivity (Wildman–Crippen MR) is 55.0 cm³/mol. The monoisotopic (exact) mass is 240 g/mol. The Morgan fingerprint density at radius 3 is 3.00 bits per heavy atom. The van der Waals surface area contributed by atoms with Crippen molar-refractivity contribution in [3.05, 3.63) is 28.4 Å². The van der Waals surface area contributed by atoms with Crippen LogP contribution in [-0.2, 0) is 6.42 Å². The van der Waals surface area contributed by atoms with E-state index in [0.29, 0.717) is 5.58 Å². The molecule has 13 heavy (non-hydrogen) atoms. The van der Waals surface area contributed by atoms with E-state index < -0.39 is 0 Å². The van der Waals surface area contributed by atoms with Gasteiger partial charge in [0, 0.05) is 9.86 Å². The fourth-order valence-electron chi connectivity index (χ4n) is 1.40. The van der Waals surface area contributed by atoms with Crippen molar-refractivity contribution in [3.8, 4) is 5.75 Å². The number of fused-ring (bicyclic) bond motifs is 1. The van der Waals surface area contributed by atoms with Gasteiger partial charge >= 0.3 is 0 Å². The van der Waals surface area contributed by atoms with Crippen LogP contribution in [0.1, 0.15) is 12.5 Å². The molecular formula is C10H9BrO2. The van der Waals surface area contributed by atoms with Gasteiger partial charge < -0.3 is 9.52 Å². The van der Waals surface area contributed by atoms with Crippen LogP contribution in [-0.4, -0.2) is 5.11 Å². The molecule has 0 radical (unpaired) electrons. The Labute approximate surface area is 84.3 Å². The largest absolute Gasteiger partial charge is 0.504 e. The fourth-order valence-corrected chi connectivity index (χ4v) is 2.11. The van der Waals surface area contributed by atoms with E-state index in [9.17, 15) is 5.11 Å². The lowest BCUT2D eigenvalue weighted by molar-refractivity contribution is 0.464. The fraction of sp³-hybridized carbons (Fsp3) is 0.200. The van der Waals surface area contributed by atoms with Crippen LogP contribution in [0.2, 0.25) is 0 Å².